The Morgan fingerprint density at radius 2 is 1.75 bits per heavy atom. The van der Waals surface area contributed by atoms with Crippen LogP contribution in [0.2, 0.25) is 0 Å². The van der Waals surface area contributed by atoms with Crippen molar-refractivity contribution in [1.29, 1.82) is 0 Å². The number of anilines is 1. The molecule has 0 radical (unpaired) electrons. The minimum Gasteiger partial charge on any atom is -0.496 e. The van der Waals surface area contributed by atoms with E-state index in [-0.39, 0.29) is 28.5 Å². The highest BCUT2D eigenvalue weighted by atomic mass is 16.6. The van der Waals surface area contributed by atoms with Crippen molar-refractivity contribution >= 4 is 11.4 Å². The number of rotatable bonds is 3. The van der Waals surface area contributed by atoms with Gasteiger partial charge in [0, 0.05) is 29.3 Å². The van der Waals surface area contributed by atoms with Gasteiger partial charge in [0.15, 0.2) is 0 Å². The topological polar surface area (TPSA) is 64.4 Å². The smallest absolute Gasteiger partial charge is 0.269 e. The highest BCUT2D eigenvalue weighted by molar-refractivity contribution is 5.66. The molecule has 3 atom stereocenters. The standard InChI is InChI=1S/C23H20N2O3/c1-28-21-9-5-4-8-17(21)23-19-12-14-6-2-3-7-16(14)22(19)18-13-15(25(26)27)10-11-20(18)24-23/h2-11,13,19,22-24H,12H2,1H3/t19-,22+,23-/m0/s1. The Morgan fingerprint density at radius 3 is 2.54 bits per heavy atom. The van der Waals surface area contributed by atoms with Crippen molar-refractivity contribution in [2.24, 2.45) is 5.92 Å². The Labute approximate surface area is 163 Å². The molecule has 3 aromatic carbocycles. The molecule has 2 aliphatic rings. The molecule has 1 N–H and O–H groups in total. The van der Waals surface area contributed by atoms with E-state index < -0.39 is 0 Å². The lowest BCUT2D eigenvalue weighted by molar-refractivity contribution is -0.384. The Morgan fingerprint density at radius 1 is 1.00 bits per heavy atom. The van der Waals surface area contributed by atoms with Gasteiger partial charge in [-0.05, 0) is 41.2 Å². The van der Waals surface area contributed by atoms with Crippen LogP contribution in [-0.2, 0) is 6.42 Å². The van der Waals surface area contributed by atoms with Crippen LogP contribution in [0.4, 0.5) is 11.4 Å². The number of nitrogens with zero attached hydrogens (tertiary/aromatic N) is 1. The van der Waals surface area contributed by atoms with Crippen LogP contribution < -0.4 is 10.1 Å². The van der Waals surface area contributed by atoms with Crippen molar-refractivity contribution in [3.8, 4) is 5.75 Å². The lowest BCUT2D eigenvalue weighted by Crippen LogP contribution is -2.30. The summed E-state index contributed by atoms with van der Waals surface area (Å²) in [6.07, 6.45) is 0.929. The number of nitro groups is 1. The van der Waals surface area contributed by atoms with Gasteiger partial charge in [0.2, 0.25) is 0 Å². The summed E-state index contributed by atoms with van der Waals surface area (Å²) in [6.45, 7) is 0. The Bertz CT molecular complexity index is 1080. The third-order valence-electron chi connectivity index (χ3n) is 6.07. The van der Waals surface area contributed by atoms with Gasteiger partial charge in [-0.1, -0.05) is 42.5 Å². The highest BCUT2D eigenvalue weighted by Crippen LogP contribution is 2.55. The molecule has 3 aromatic rings. The van der Waals surface area contributed by atoms with Crippen LogP contribution in [0.1, 0.15) is 34.2 Å². The Kier molecular flexibility index (Phi) is 3.83. The average molecular weight is 372 g/mol. The van der Waals surface area contributed by atoms with E-state index in [1.165, 1.54) is 11.1 Å². The van der Waals surface area contributed by atoms with Crippen molar-refractivity contribution in [1.82, 2.24) is 0 Å². The molecule has 1 heterocycles. The summed E-state index contributed by atoms with van der Waals surface area (Å²) in [4.78, 5) is 11.0. The van der Waals surface area contributed by atoms with E-state index in [0.717, 1.165) is 29.0 Å². The van der Waals surface area contributed by atoms with E-state index in [1.54, 1.807) is 19.2 Å². The van der Waals surface area contributed by atoms with Gasteiger partial charge in [-0.15, -0.1) is 0 Å². The zero-order chi connectivity index (χ0) is 19.3. The molecule has 0 amide bonds. The Balaban J connectivity index is 1.70. The molecule has 0 bridgehead atoms. The second-order valence-electron chi connectivity index (χ2n) is 7.44. The van der Waals surface area contributed by atoms with Crippen molar-refractivity contribution in [3.05, 3.63) is 99.1 Å². The maximum atomic E-state index is 11.4. The molecule has 0 aromatic heterocycles. The van der Waals surface area contributed by atoms with E-state index in [4.69, 9.17) is 4.74 Å². The molecular formula is C23H20N2O3. The maximum Gasteiger partial charge on any atom is 0.269 e. The van der Waals surface area contributed by atoms with Crippen molar-refractivity contribution in [2.75, 3.05) is 12.4 Å². The zero-order valence-electron chi connectivity index (χ0n) is 15.5. The molecule has 0 fully saturated rings. The van der Waals surface area contributed by atoms with E-state index in [0.29, 0.717) is 0 Å². The minimum atomic E-state index is -0.317. The van der Waals surface area contributed by atoms with Crippen LogP contribution in [-0.4, -0.2) is 12.0 Å². The molecule has 140 valence electrons. The SMILES string of the molecule is COc1ccccc1[C@@H]1Nc2ccc([N+](=O)[O-])cc2[C@H]2c3ccccc3C[C@@H]21. The maximum absolute atomic E-state index is 11.4. The summed E-state index contributed by atoms with van der Waals surface area (Å²) in [6, 6.07) is 21.8. The Hall–Kier alpha value is -3.34. The first-order valence-corrected chi connectivity index (χ1v) is 9.43. The molecule has 5 heteroatoms. The first kappa shape index (κ1) is 16.8. The predicted octanol–water partition coefficient (Wildman–Crippen LogP) is 5.07. The van der Waals surface area contributed by atoms with Crippen molar-refractivity contribution in [2.45, 2.75) is 18.4 Å². The highest BCUT2D eigenvalue weighted by Gasteiger charge is 2.44. The number of benzene rings is 3. The fourth-order valence-electron chi connectivity index (χ4n) is 4.89. The van der Waals surface area contributed by atoms with Crippen molar-refractivity contribution in [3.63, 3.8) is 0 Å². The third kappa shape index (κ3) is 2.47. The number of para-hydroxylation sites is 1. The third-order valence-corrected chi connectivity index (χ3v) is 6.07. The largest absolute Gasteiger partial charge is 0.496 e. The summed E-state index contributed by atoms with van der Waals surface area (Å²) in [5, 5.41) is 15.0. The van der Waals surface area contributed by atoms with Gasteiger partial charge in [-0.25, -0.2) is 0 Å². The van der Waals surface area contributed by atoms with Gasteiger partial charge in [0.1, 0.15) is 5.75 Å². The van der Waals surface area contributed by atoms with Crippen LogP contribution in [0.3, 0.4) is 0 Å². The van der Waals surface area contributed by atoms with Gasteiger partial charge in [-0.2, -0.15) is 0 Å². The molecule has 5 rings (SSSR count). The summed E-state index contributed by atoms with van der Waals surface area (Å²) in [7, 11) is 1.69. The van der Waals surface area contributed by atoms with Crippen LogP contribution in [0.25, 0.3) is 0 Å². The number of ether oxygens (including phenoxy) is 1. The first-order chi connectivity index (χ1) is 13.7. The molecule has 1 aliphatic heterocycles. The van der Waals surface area contributed by atoms with Gasteiger partial charge < -0.3 is 10.1 Å². The molecule has 0 saturated heterocycles. The van der Waals surface area contributed by atoms with Gasteiger partial charge >= 0.3 is 0 Å². The van der Waals surface area contributed by atoms with E-state index in [9.17, 15) is 10.1 Å². The zero-order valence-corrected chi connectivity index (χ0v) is 15.5. The lowest BCUT2D eigenvalue weighted by Gasteiger charge is -2.38. The summed E-state index contributed by atoms with van der Waals surface area (Å²) in [5.41, 5.74) is 5.82. The van der Waals surface area contributed by atoms with Gasteiger partial charge in [0.25, 0.3) is 5.69 Å². The summed E-state index contributed by atoms with van der Waals surface area (Å²) >= 11 is 0. The first-order valence-electron chi connectivity index (χ1n) is 9.43. The number of fused-ring (bicyclic) bond motifs is 5. The molecule has 28 heavy (non-hydrogen) atoms. The van der Waals surface area contributed by atoms with E-state index in [1.807, 2.05) is 24.3 Å². The van der Waals surface area contributed by atoms with E-state index in [2.05, 4.69) is 35.6 Å². The number of methoxy groups -OCH3 is 1. The monoisotopic (exact) mass is 372 g/mol. The molecule has 0 spiro atoms. The fraction of sp³-hybridized carbons (Fsp3) is 0.217. The van der Waals surface area contributed by atoms with Crippen LogP contribution in [0.5, 0.6) is 5.75 Å². The normalized spacial score (nSPS) is 21.8. The quantitative estimate of drug-likeness (QED) is 0.515. The predicted molar refractivity (Wildman–Crippen MR) is 108 cm³/mol. The second-order valence-corrected chi connectivity index (χ2v) is 7.44. The van der Waals surface area contributed by atoms with Crippen molar-refractivity contribution < 1.29 is 9.66 Å². The molecule has 5 nitrogen and oxygen atoms in total. The average Bonchev–Trinajstić information content (AvgIpc) is 3.12. The lowest BCUT2D eigenvalue weighted by atomic mass is 9.75. The minimum absolute atomic E-state index is 0.0718. The number of nitrogens with one attached hydrogen (secondary N) is 1. The van der Waals surface area contributed by atoms with Gasteiger partial charge in [-0.3, -0.25) is 10.1 Å². The molecular weight excluding hydrogens is 352 g/mol. The molecule has 0 saturated carbocycles. The number of hydrogen-bond acceptors (Lipinski definition) is 4. The van der Waals surface area contributed by atoms with E-state index >= 15 is 0 Å². The number of hydrogen-bond donors (Lipinski definition) is 1. The van der Waals surface area contributed by atoms with Crippen LogP contribution in [0, 0.1) is 16.0 Å². The summed E-state index contributed by atoms with van der Waals surface area (Å²) in [5.74, 6) is 1.26. The molecule has 1 aliphatic carbocycles. The van der Waals surface area contributed by atoms with Crippen LogP contribution >= 0.6 is 0 Å². The van der Waals surface area contributed by atoms with Gasteiger partial charge in [0.05, 0.1) is 18.1 Å². The molecule has 0 unspecified atom stereocenters. The second kappa shape index (κ2) is 6.37. The fourth-order valence-corrected chi connectivity index (χ4v) is 4.89. The number of non-ortho nitro benzene ring substituents is 1. The number of nitro benzene ring substituents is 1. The van der Waals surface area contributed by atoms with Crippen LogP contribution in [0.15, 0.2) is 66.7 Å². The summed E-state index contributed by atoms with van der Waals surface area (Å²) < 4.78 is 5.63.